The van der Waals surface area contributed by atoms with Gasteiger partial charge < -0.3 is 25.9 Å². The van der Waals surface area contributed by atoms with Crippen LogP contribution in [0.15, 0.2) is 53.7 Å². The highest BCUT2D eigenvalue weighted by atomic mass is 35.5. The summed E-state index contributed by atoms with van der Waals surface area (Å²) in [6.45, 7) is 6.74. The molecule has 2 amide bonds. The number of amidine groups is 1. The number of methoxy groups -OCH3 is 1. The molecule has 2 unspecified atom stereocenters. The first-order valence-corrected chi connectivity index (χ1v) is 10.4. The maximum absolute atomic E-state index is 12.5. The minimum absolute atomic E-state index is 0.00491. The number of para-hydroxylation sites is 1. The Hall–Kier alpha value is -3.26. The van der Waals surface area contributed by atoms with E-state index < -0.39 is 11.6 Å². The van der Waals surface area contributed by atoms with Crippen LogP contribution in [0.25, 0.3) is 0 Å². The number of nitrogens with one attached hydrogen (secondary N) is 2. The highest BCUT2D eigenvalue weighted by molar-refractivity contribution is 6.31. The molecule has 0 saturated carbocycles. The average Bonchev–Trinajstić information content (AvgIpc) is 2.76. The predicted molar refractivity (Wildman–Crippen MR) is 125 cm³/mol. The van der Waals surface area contributed by atoms with Gasteiger partial charge in [-0.05, 0) is 52.0 Å². The Bertz CT molecular complexity index is 993. The molecular formula is C23H29ClN4O4. The lowest BCUT2D eigenvalue weighted by Gasteiger charge is -2.25. The Morgan fingerprint density at radius 2 is 1.81 bits per heavy atom. The number of carbonyl (C=O) groups excluding carboxylic acids is 2. The van der Waals surface area contributed by atoms with Crippen molar-refractivity contribution in [2.75, 3.05) is 7.11 Å². The maximum Gasteiger partial charge on any atom is 0.264 e. The fourth-order valence-corrected chi connectivity index (χ4v) is 2.97. The second-order valence-corrected chi connectivity index (χ2v) is 8.22. The first-order valence-electron chi connectivity index (χ1n) is 10.1. The number of hydrogen-bond acceptors (Lipinski definition) is 5. The highest BCUT2D eigenvalue weighted by Crippen LogP contribution is 2.24. The van der Waals surface area contributed by atoms with E-state index >= 15 is 0 Å². The summed E-state index contributed by atoms with van der Waals surface area (Å²) < 4.78 is 5.33. The van der Waals surface area contributed by atoms with Crippen molar-refractivity contribution in [3.63, 3.8) is 0 Å². The molecule has 4 N–H and O–H groups in total. The summed E-state index contributed by atoms with van der Waals surface area (Å²) in [5.41, 5.74) is 6.22. The van der Waals surface area contributed by atoms with Crippen molar-refractivity contribution in [2.24, 2.45) is 10.9 Å². The monoisotopic (exact) mass is 460 g/mol. The van der Waals surface area contributed by atoms with Gasteiger partial charge in [-0.2, -0.15) is 0 Å². The summed E-state index contributed by atoms with van der Waals surface area (Å²) in [6, 6.07) is 13.6. The molecule has 0 heterocycles. The van der Waals surface area contributed by atoms with Gasteiger partial charge in [-0.3, -0.25) is 9.59 Å². The van der Waals surface area contributed by atoms with Gasteiger partial charge in [-0.1, -0.05) is 41.0 Å². The molecule has 0 radical (unpaired) electrons. The van der Waals surface area contributed by atoms with Crippen molar-refractivity contribution in [3.05, 3.63) is 64.7 Å². The molecule has 0 aliphatic carbocycles. The first-order chi connectivity index (χ1) is 15.0. The molecule has 9 heteroatoms. The van der Waals surface area contributed by atoms with Crippen LogP contribution < -0.4 is 21.1 Å². The molecule has 2 rings (SSSR count). The summed E-state index contributed by atoms with van der Waals surface area (Å²) in [4.78, 5) is 30.3. The molecule has 0 aliphatic rings. The van der Waals surface area contributed by atoms with Crippen molar-refractivity contribution in [1.82, 2.24) is 10.6 Å². The van der Waals surface area contributed by atoms with Crippen LogP contribution in [0, 0.1) is 0 Å². The molecule has 0 saturated heterocycles. The summed E-state index contributed by atoms with van der Waals surface area (Å²) >= 11 is 5.94. The van der Waals surface area contributed by atoms with Gasteiger partial charge in [0, 0.05) is 16.1 Å². The van der Waals surface area contributed by atoms with Gasteiger partial charge in [-0.25, -0.2) is 0 Å². The number of oxime groups is 1. The highest BCUT2D eigenvalue weighted by Gasteiger charge is 2.27. The van der Waals surface area contributed by atoms with Crippen LogP contribution in [-0.4, -0.2) is 36.4 Å². The first kappa shape index (κ1) is 25.0. The Labute approximate surface area is 193 Å². The standard InChI is InChI=1S/C23H29ClN4O4/c1-14(18-11-6-7-12-19(18)31-5)26-20(29)15(2)32-28-22(25)23(3,4)27-21(30)16-9-8-10-17(24)13-16/h6-15H,1-5H3,(H2,25,28)(H,26,29)(H,27,30). The molecule has 172 valence electrons. The molecule has 0 spiro atoms. The zero-order valence-electron chi connectivity index (χ0n) is 18.8. The van der Waals surface area contributed by atoms with Gasteiger partial charge in [0.05, 0.1) is 18.7 Å². The number of nitrogens with zero attached hydrogens (tertiary/aromatic N) is 1. The lowest BCUT2D eigenvalue weighted by atomic mass is 10.0. The number of nitrogens with two attached hydrogens (primary N) is 1. The van der Waals surface area contributed by atoms with Crippen LogP contribution in [0.4, 0.5) is 0 Å². The van der Waals surface area contributed by atoms with Gasteiger partial charge in [0.15, 0.2) is 5.84 Å². The van der Waals surface area contributed by atoms with E-state index in [1.807, 2.05) is 31.2 Å². The van der Waals surface area contributed by atoms with E-state index in [9.17, 15) is 9.59 Å². The number of carbonyl (C=O) groups is 2. The summed E-state index contributed by atoms with van der Waals surface area (Å²) in [7, 11) is 1.57. The average molecular weight is 461 g/mol. The summed E-state index contributed by atoms with van der Waals surface area (Å²) in [5.74, 6) is -0.0635. The fraction of sp³-hybridized carbons (Fsp3) is 0.348. The Morgan fingerprint density at radius 1 is 1.12 bits per heavy atom. The fourth-order valence-electron chi connectivity index (χ4n) is 2.78. The topological polar surface area (TPSA) is 115 Å². The van der Waals surface area contributed by atoms with E-state index in [0.29, 0.717) is 16.3 Å². The maximum atomic E-state index is 12.5. The van der Waals surface area contributed by atoms with E-state index in [2.05, 4.69) is 15.8 Å². The largest absolute Gasteiger partial charge is 0.496 e. The normalized spacial score (nSPS) is 13.6. The predicted octanol–water partition coefficient (Wildman–Crippen LogP) is 3.41. The Morgan fingerprint density at radius 3 is 2.47 bits per heavy atom. The van der Waals surface area contributed by atoms with E-state index in [4.69, 9.17) is 26.9 Å². The number of ether oxygens (including phenoxy) is 1. The number of rotatable bonds is 9. The lowest BCUT2D eigenvalue weighted by molar-refractivity contribution is -0.132. The van der Waals surface area contributed by atoms with Crippen LogP contribution in [0.5, 0.6) is 5.75 Å². The molecule has 2 aromatic rings. The molecule has 32 heavy (non-hydrogen) atoms. The zero-order valence-corrected chi connectivity index (χ0v) is 19.6. The molecule has 0 aromatic heterocycles. The van der Waals surface area contributed by atoms with E-state index in [0.717, 1.165) is 5.56 Å². The van der Waals surface area contributed by atoms with E-state index in [1.165, 1.54) is 0 Å². The van der Waals surface area contributed by atoms with Gasteiger partial charge in [0.1, 0.15) is 5.75 Å². The lowest BCUT2D eigenvalue weighted by Crippen LogP contribution is -2.53. The number of benzene rings is 2. The molecule has 0 aliphatic heterocycles. The Kier molecular flexibility index (Phi) is 8.48. The van der Waals surface area contributed by atoms with Crippen molar-refractivity contribution in [2.45, 2.75) is 45.4 Å². The SMILES string of the molecule is COc1ccccc1C(C)NC(=O)C(C)O/N=C(\N)C(C)(C)NC(=O)c1cccc(Cl)c1. The molecule has 0 bridgehead atoms. The zero-order chi connectivity index (χ0) is 23.9. The second-order valence-electron chi connectivity index (χ2n) is 7.79. The Balaban J connectivity index is 1.97. The third-order valence-electron chi connectivity index (χ3n) is 4.80. The van der Waals surface area contributed by atoms with Crippen LogP contribution >= 0.6 is 11.6 Å². The van der Waals surface area contributed by atoms with Crippen molar-refractivity contribution >= 4 is 29.3 Å². The molecule has 2 atom stereocenters. The van der Waals surface area contributed by atoms with Crippen molar-refractivity contribution in [1.29, 1.82) is 0 Å². The van der Waals surface area contributed by atoms with Crippen LogP contribution in [-0.2, 0) is 9.63 Å². The number of hydrogen-bond donors (Lipinski definition) is 3. The van der Waals surface area contributed by atoms with Gasteiger partial charge in [0.25, 0.3) is 11.8 Å². The quantitative estimate of drug-likeness (QED) is 0.301. The minimum Gasteiger partial charge on any atom is -0.496 e. The smallest absolute Gasteiger partial charge is 0.264 e. The van der Waals surface area contributed by atoms with Crippen LogP contribution in [0.3, 0.4) is 0 Å². The second kappa shape index (κ2) is 10.9. The summed E-state index contributed by atoms with van der Waals surface area (Å²) in [5, 5.41) is 9.94. The third kappa shape index (κ3) is 6.62. The van der Waals surface area contributed by atoms with Crippen molar-refractivity contribution in [3.8, 4) is 5.75 Å². The van der Waals surface area contributed by atoms with Crippen LogP contribution in [0.1, 0.15) is 49.7 Å². The van der Waals surface area contributed by atoms with Crippen LogP contribution in [0.2, 0.25) is 5.02 Å². The molecule has 0 fully saturated rings. The minimum atomic E-state index is -1.03. The number of amides is 2. The van der Waals surface area contributed by atoms with Gasteiger partial charge >= 0.3 is 0 Å². The molecular weight excluding hydrogens is 432 g/mol. The van der Waals surface area contributed by atoms with E-state index in [1.54, 1.807) is 52.1 Å². The molecule has 2 aromatic carbocycles. The summed E-state index contributed by atoms with van der Waals surface area (Å²) in [6.07, 6.45) is -0.912. The van der Waals surface area contributed by atoms with Gasteiger partial charge in [0.2, 0.25) is 6.10 Å². The van der Waals surface area contributed by atoms with E-state index in [-0.39, 0.29) is 23.7 Å². The van der Waals surface area contributed by atoms with Crippen molar-refractivity contribution < 1.29 is 19.2 Å². The molecule has 8 nitrogen and oxygen atoms in total. The number of halogens is 1. The van der Waals surface area contributed by atoms with Gasteiger partial charge in [-0.15, -0.1) is 0 Å². The third-order valence-corrected chi connectivity index (χ3v) is 5.03.